The number of fused-ring (bicyclic) bond motifs is 2. The smallest absolute Gasteiger partial charge is 0.306 e. The van der Waals surface area contributed by atoms with Crippen LogP contribution in [0.15, 0.2) is 0 Å². The van der Waals surface area contributed by atoms with Crippen molar-refractivity contribution >= 4 is 5.97 Å². The second-order valence-corrected chi connectivity index (χ2v) is 3.30. The van der Waals surface area contributed by atoms with Gasteiger partial charge in [-0.05, 0) is 19.3 Å². The van der Waals surface area contributed by atoms with Gasteiger partial charge < -0.3 is 10.4 Å². The predicted octanol–water partition coefficient (Wildman–Crippen LogP) is 0.212. The first-order valence-electron chi connectivity index (χ1n) is 3.74. The van der Waals surface area contributed by atoms with E-state index in [1.54, 1.807) is 0 Å². The number of carboxylic acid groups (broad SMARTS) is 1. The lowest BCUT2D eigenvalue weighted by Crippen LogP contribution is -2.58. The molecule has 1 aliphatic carbocycles. The van der Waals surface area contributed by atoms with Crippen LogP contribution in [0, 0.1) is 5.92 Å². The highest BCUT2D eigenvalue weighted by Crippen LogP contribution is 2.32. The van der Waals surface area contributed by atoms with Gasteiger partial charge in [0.1, 0.15) is 0 Å². The van der Waals surface area contributed by atoms with Crippen molar-refractivity contribution in [2.45, 2.75) is 31.3 Å². The van der Waals surface area contributed by atoms with Gasteiger partial charge in [0.15, 0.2) is 0 Å². The number of nitrogens with one attached hydrogen (secondary N) is 1. The molecule has 0 spiro atoms. The Bertz CT molecular complexity index is 153. The summed E-state index contributed by atoms with van der Waals surface area (Å²) >= 11 is 0. The molecule has 2 bridgehead atoms. The summed E-state index contributed by atoms with van der Waals surface area (Å²) < 4.78 is 0. The highest BCUT2D eigenvalue weighted by molar-refractivity contribution is 5.70. The number of carboxylic acids is 1. The molecule has 3 rings (SSSR count). The summed E-state index contributed by atoms with van der Waals surface area (Å²) in [5, 5.41) is 11.9. The number of rotatable bonds is 1. The minimum Gasteiger partial charge on any atom is -0.481 e. The molecule has 3 fully saturated rings. The molecule has 0 radical (unpaired) electrons. The normalized spacial score (nSPS) is 44.2. The Morgan fingerprint density at radius 1 is 1.30 bits per heavy atom. The third-order valence-electron chi connectivity index (χ3n) is 2.53. The second-order valence-electron chi connectivity index (χ2n) is 3.30. The Morgan fingerprint density at radius 2 is 1.80 bits per heavy atom. The van der Waals surface area contributed by atoms with E-state index in [1.165, 1.54) is 6.42 Å². The number of hydrogen-bond donors (Lipinski definition) is 2. The van der Waals surface area contributed by atoms with Gasteiger partial charge in [-0.2, -0.15) is 0 Å². The summed E-state index contributed by atoms with van der Waals surface area (Å²) in [5.74, 6) is -0.679. The van der Waals surface area contributed by atoms with Gasteiger partial charge in [0, 0.05) is 12.1 Å². The van der Waals surface area contributed by atoms with Crippen molar-refractivity contribution in [3.63, 3.8) is 0 Å². The topological polar surface area (TPSA) is 49.3 Å². The van der Waals surface area contributed by atoms with E-state index in [1.807, 2.05) is 0 Å². The van der Waals surface area contributed by atoms with Crippen LogP contribution in [0.3, 0.4) is 0 Å². The second kappa shape index (κ2) is 1.95. The van der Waals surface area contributed by atoms with Gasteiger partial charge >= 0.3 is 5.97 Å². The minimum atomic E-state index is -0.615. The number of carbonyl (C=O) groups is 1. The Balaban J connectivity index is 1.97. The van der Waals surface area contributed by atoms with Crippen LogP contribution >= 0.6 is 0 Å². The molecule has 3 atom stereocenters. The highest BCUT2D eigenvalue weighted by atomic mass is 16.4. The Hall–Kier alpha value is -0.570. The van der Waals surface area contributed by atoms with Gasteiger partial charge in [0.25, 0.3) is 0 Å². The van der Waals surface area contributed by atoms with Crippen molar-refractivity contribution in [2.24, 2.45) is 5.92 Å². The Kier molecular flexibility index (Phi) is 1.20. The van der Waals surface area contributed by atoms with Crippen LogP contribution in [0.2, 0.25) is 0 Å². The fourth-order valence-corrected chi connectivity index (χ4v) is 1.97. The summed E-state index contributed by atoms with van der Waals surface area (Å²) in [4.78, 5) is 10.5. The van der Waals surface area contributed by atoms with Crippen molar-refractivity contribution in [3.05, 3.63) is 0 Å². The third kappa shape index (κ3) is 0.814. The quantitative estimate of drug-likeness (QED) is 0.549. The standard InChI is InChI=1S/C7H11NO2/c9-7(10)4-1-5-3-6(2-4)8-5/h4-6,8H,1-3H2,(H,9,10)/t4?,5-,6+. The van der Waals surface area contributed by atoms with E-state index in [4.69, 9.17) is 5.11 Å². The Labute approximate surface area is 59.4 Å². The molecule has 0 aromatic rings. The molecule has 2 saturated heterocycles. The monoisotopic (exact) mass is 141 g/mol. The number of piperidine rings is 1. The minimum absolute atomic E-state index is 0.0648. The molecule has 1 saturated carbocycles. The van der Waals surface area contributed by atoms with Gasteiger partial charge in [-0.1, -0.05) is 0 Å². The van der Waals surface area contributed by atoms with E-state index >= 15 is 0 Å². The van der Waals surface area contributed by atoms with Gasteiger partial charge in [0.05, 0.1) is 5.92 Å². The zero-order chi connectivity index (χ0) is 7.14. The molecule has 0 aromatic carbocycles. The predicted molar refractivity (Wildman–Crippen MR) is 35.7 cm³/mol. The molecule has 2 aliphatic heterocycles. The number of aliphatic carboxylic acids is 1. The van der Waals surface area contributed by atoms with E-state index in [2.05, 4.69) is 5.32 Å². The first kappa shape index (κ1) is 6.16. The molecule has 3 aliphatic rings. The maximum absolute atomic E-state index is 10.5. The summed E-state index contributed by atoms with van der Waals surface area (Å²) in [6, 6.07) is 1.03. The first-order chi connectivity index (χ1) is 4.75. The largest absolute Gasteiger partial charge is 0.481 e. The van der Waals surface area contributed by atoms with Crippen molar-refractivity contribution in [1.29, 1.82) is 0 Å². The fraction of sp³-hybridized carbons (Fsp3) is 0.857. The lowest BCUT2D eigenvalue weighted by molar-refractivity contribution is -0.144. The van der Waals surface area contributed by atoms with Crippen molar-refractivity contribution < 1.29 is 9.90 Å². The summed E-state index contributed by atoms with van der Waals surface area (Å²) in [6.45, 7) is 0. The highest BCUT2D eigenvalue weighted by Gasteiger charge is 2.40. The van der Waals surface area contributed by atoms with Crippen LogP contribution in [-0.2, 0) is 4.79 Å². The van der Waals surface area contributed by atoms with E-state index in [0.717, 1.165) is 12.8 Å². The fourth-order valence-electron chi connectivity index (χ4n) is 1.97. The van der Waals surface area contributed by atoms with E-state index in [-0.39, 0.29) is 5.92 Å². The maximum atomic E-state index is 10.5. The molecule has 0 aromatic heterocycles. The molecule has 0 amide bonds. The first-order valence-corrected chi connectivity index (χ1v) is 3.74. The molecule has 2 N–H and O–H groups in total. The number of hydrogen-bond acceptors (Lipinski definition) is 2. The van der Waals surface area contributed by atoms with E-state index < -0.39 is 5.97 Å². The van der Waals surface area contributed by atoms with Crippen molar-refractivity contribution in [2.75, 3.05) is 0 Å². The van der Waals surface area contributed by atoms with Gasteiger partial charge in [0.2, 0.25) is 0 Å². The van der Waals surface area contributed by atoms with Gasteiger partial charge in [-0.25, -0.2) is 0 Å². The zero-order valence-corrected chi connectivity index (χ0v) is 5.71. The van der Waals surface area contributed by atoms with Crippen LogP contribution in [0.5, 0.6) is 0 Å². The average Bonchev–Trinajstić information content (AvgIpc) is 1.86. The van der Waals surface area contributed by atoms with E-state index in [9.17, 15) is 4.79 Å². The van der Waals surface area contributed by atoms with Crippen LogP contribution in [-0.4, -0.2) is 23.2 Å². The SMILES string of the molecule is O=C(O)C1C[C@@H]2C[C@H](C1)N2. The molecule has 2 heterocycles. The molecule has 56 valence electrons. The van der Waals surface area contributed by atoms with Crippen LogP contribution in [0.1, 0.15) is 19.3 Å². The summed E-state index contributed by atoms with van der Waals surface area (Å²) in [7, 11) is 0. The lowest BCUT2D eigenvalue weighted by atomic mass is 9.76. The molecule has 1 unspecified atom stereocenters. The summed E-state index contributed by atoms with van der Waals surface area (Å²) in [5.41, 5.74) is 0. The molecule has 3 heteroatoms. The zero-order valence-electron chi connectivity index (χ0n) is 5.71. The van der Waals surface area contributed by atoms with Crippen molar-refractivity contribution in [3.8, 4) is 0 Å². The summed E-state index contributed by atoms with van der Waals surface area (Å²) in [6.07, 6.45) is 2.88. The third-order valence-corrected chi connectivity index (χ3v) is 2.53. The van der Waals surface area contributed by atoms with Gasteiger partial charge in [-0.15, -0.1) is 0 Å². The van der Waals surface area contributed by atoms with E-state index in [0.29, 0.717) is 12.1 Å². The average molecular weight is 141 g/mol. The lowest BCUT2D eigenvalue weighted by Gasteiger charge is -2.45. The van der Waals surface area contributed by atoms with Crippen LogP contribution in [0.25, 0.3) is 0 Å². The molecule has 10 heavy (non-hydrogen) atoms. The molecule has 3 nitrogen and oxygen atoms in total. The van der Waals surface area contributed by atoms with Crippen LogP contribution in [0.4, 0.5) is 0 Å². The van der Waals surface area contributed by atoms with Crippen LogP contribution < -0.4 is 5.32 Å². The molecular weight excluding hydrogens is 130 g/mol. The maximum Gasteiger partial charge on any atom is 0.306 e. The Morgan fingerprint density at radius 3 is 2.10 bits per heavy atom. The van der Waals surface area contributed by atoms with Gasteiger partial charge in [-0.3, -0.25) is 4.79 Å². The molecular formula is C7H11NO2. The van der Waals surface area contributed by atoms with Crippen molar-refractivity contribution in [1.82, 2.24) is 5.32 Å².